The van der Waals surface area contributed by atoms with Crippen molar-refractivity contribution in [2.24, 2.45) is 0 Å². The van der Waals surface area contributed by atoms with Crippen LogP contribution >= 0.6 is 0 Å². The first kappa shape index (κ1) is 17.2. The highest BCUT2D eigenvalue weighted by atomic mass is 16.4. The zero-order valence-electron chi connectivity index (χ0n) is 13.8. The van der Waals surface area contributed by atoms with Crippen LogP contribution in [0, 0.1) is 0 Å². The largest absolute Gasteiger partial charge is 0.507 e. The van der Waals surface area contributed by atoms with E-state index in [-0.39, 0.29) is 22.8 Å². The summed E-state index contributed by atoms with van der Waals surface area (Å²) in [4.78, 5) is 27.1. The van der Waals surface area contributed by atoms with E-state index in [1.807, 2.05) is 0 Å². The third kappa shape index (κ3) is 3.25. The number of nitrogens with zero attached hydrogens (tertiary/aromatic N) is 1. The lowest BCUT2D eigenvalue weighted by Gasteiger charge is -2.06. The van der Waals surface area contributed by atoms with Gasteiger partial charge in [-0.2, -0.15) is 0 Å². The van der Waals surface area contributed by atoms with Gasteiger partial charge in [0.05, 0.1) is 5.69 Å². The van der Waals surface area contributed by atoms with Crippen LogP contribution in [-0.2, 0) is 0 Å². The number of ketones is 1. The number of phenols is 2. The van der Waals surface area contributed by atoms with Crippen LogP contribution in [-0.4, -0.2) is 32.1 Å². The number of aromatic nitrogens is 1. The maximum absolute atomic E-state index is 11.7. The Morgan fingerprint density at radius 3 is 2.35 bits per heavy atom. The van der Waals surface area contributed by atoms with Crippen molar-refractivity contribution in [3.05, 3.63) is 64.8 Å². The smallest absolute Gasteiger partial charge is 0.339 e. The van der Waals surface area contributed by atoms with Crippen molar-refractivity contribution in [3.63, 3.8) is 0 Å². The predicted octanol–water partition coefficient (Wildman–Crippen LogP) is 3.72. The van der Waals surface area contributed by atoms with Gasteiger partial charge in [-0.3, -0.25) is 4.79 Å². The number of carbonyl (C=O) groups is 2. The van der Waals surface area contributed by atoms with Crippen LogP contribution in [0.15, 0.2) is 42.5 Å². The molecule has 0 radical (unpaired) electrons. The second-order valence-corrected chi connectivity index (χ2v) is 5.74. The minimum Gasteiger partial charge on any atom is -0.507 e. The van der Waals surface area contributed by atoms with Crippen LogP contribution < -0.4 is 0 Å². The monoisotopic (exact) mass is 349 g/mol. The number of hydrogen-bond acceptors (Lipinski definition) is 5. The van der Waals surface area contributed by atoms with Gasteiger partial charge in [-0.25, -0.2) is 9.78 Å². The van der Waals surface area contributed by atoms with Gasteiger partial charge in [-0.15, -0.1) is 0 Å². The Balaban J connectivity index is 2.01. The van der Waals surface area contributed by atoms with Crippen LogP contribution in [0.2, 0.25) is 0 Å². The summed E-state index contributed by atoms with van der Waals surface area (Å²) in [5, 5.41) is 29.2. The lowest BCUT2D eigenvalue weighted by Crippen LogP contribution is -1.97. The summed E-state index contributed by atoms with van der Waals surface area (Å²) in [5.41, 5.74) is 1.70. The van der Waals surface area contributed by atoms with E-state index in [2.05, 4.69) is 4.98 Å². The Bertz CT molecular complexity index is 1070. The number of fused-ring (bicyclic) bond motifs is 1. The Hall–Kier alpha value is -3.67. The van der Waals surface area contributed by atoms with Crippen LogP contribution in [0.25, 0.3) is 23.1 Å². The molecule has 0 unspecified atom stereocenters. The molecule has 130 valence electrons. The van der Waals surface area contributed by atoms with E-state index in [1.54, 1.807) is 36.4 Å². The molecule has 0 saturated carbocycles. The summed E-state index contributed by atoms with van der Waals surface area (Å²) in [6.07, 6.45) is 3.29. The zero-order chi connectivity index (χ0) is 18.8. The number of phenolic OH excluding ortho intramolecular Hbond substituents is 1. The van der Waals surface area contributed by atoms with Crippen molar-refractivity contribution in [2.45, 2.75) is 6.92 Å². The standard InChI is InChI=1S/C20H15NO5/c1-11(22)14-7-9-18(24)19-15(14)6-5-13(21-19)4-2-12-3-8-17(23)16(10-12)20(25)26/h2-10,23-24H,1H3,(H,25,26)/b4-2+. The molecular formula is C20H15NO5. The third-order valence-electron chi connectivity index (χ3n) is 3.93. The number of carbonyl (C=O) groups excluding carboxylic acids is 1. The Morgan fingerprint density at radius 1 is 0.923 bits per heavy atom. The molecule has 0 saturated heterocycles. The highest BCUT2D eigenvalue weighted by molar-refractivity contribution is 6.07. The molecule has 6 nitrogen and oxygen atoms in total. The molecular weight excluding hydrogens is 334 g/mol. The molecule has 1 heterocycles. The van der Waals surface area contributed by atoms with E-state index < -0.39 is 5.97 Å². The van der Waals surface area contributed by atoms with Crippen molar-refractivity contribution in [2.75, 3.05) is 0 Å². The second kappa shape index (κ2) is 6.68. The van der Waals surface area contributed by atoms with Crippen LogP contribution in [0.5, 0.6) is 11.5 Å². The number of carboxylic acids is 1. The molecule has 3 rings (SSSR count). The molecule has 3 N–H and O–H groups in total. The predicted molar refractivity (Wildman–Crippen MR) is 97.4 cm³/mol. The molecule has 1 aromatic heterocycles. The highest BCUT2D eigenvalue weighted by Gasteiger charge is 2.11. The lowest BCUT2D eigenvalue weighted by molar-refractivity contribution is 0.0693. The fourth-order valence-electron chi connectivity index (χ4n) is 2.63. The number of benzene rings is 2. The maximum atomic E-state index is 11.7. The number of pyridine rings is 1. The first-order valence-corrected chi connectivity index (χ1v) is 7.75. The van der Waals surface area contributed by atoms with Gasteiger partial charge in [0.1, 0.15) is 22.6 Å². The summed E-state index contributed by atoms with van der Waals surface area (Å²) >= 11 is 0. The number of hydrogen-bond donors (Lipinski definition) is 3. The van der Waals surface area contributed by atoms with Gasteiger partial charge in [0.2, 0.25) is 0 Å². The molecule has 3 aromatic rings. The van der Waals surface area contributed by atoms with E-state index in [4.69, 9.17) is 5.11 Å². The molecule has 0 aliphatic heterocycles. The number of aromatic carboxylic acids is 1. The van der Waals surface area contributed by atoms with Gasteiger partial charge >= 0.3 is 5.97 Å². The molecule has 26 heavy (non-hydrogen) atoms. The number of Topliss-reactive ketones (excluding diaryl/α,β-unsaturated/α-hetero) is 1. The summed E-state index contributed by atoms with van der Waals surface area (Å²) < 4.78 is 0. The summed E-state index contributed by atoms with van der Waals surface area (Å²) in [5.74, 6) is -1.67. The van der Waals surface area contributed by atoms with Crippen molar-refractivity contribution in [3.8, 4) is 11.5 Å². The fourth-order valence-corrected chi connectivity index (χ4v) is 2.63. The summed E-state index contributed by atoms with van der Waals surface area (Å²) in [6, 6.07) is 10.6. The molecule has 2 aromatic carbocycles. The summed E-state index contributed by atoms with van der Waals surface area (Å²) in [7, 11) is 0. The van der Waals surface area contributed by atoms with Gasteiger partial charge in [-0.05, 0) is 55.0 Å². The second-order valence-electron chi connectivity index (χ2n) is 5.74. The minimum atomic E-state index is -1.22. The average Bonchev–Trinajstić information content (AvgIpc) is 2.61. The van der Waals surface area contributed by atoms with Crippen molar-refractivity contribution in [1.29, 1.82) is 0 Å². The Labute approximate surface area is 148 Å². The normalized spacial score (nSPS) is 11.1. The molecule has 0 aliphatic carbocycles. The third-order valence-corrected chi connectivity index (χ3v) is 3.93. The number of carboxylic acid groups (broad SMARTS) is 1. The highest BCUT2D eigenvalue weighted by Crippen LogP contribution is 2.27. The average molecular weight is 349 g/mol. The van der Waals surface area contributed by atoms with Gasteiger partial charge in [0.15, 0.2) is 5.78 Å². The molecule has 0 aliphatic rings. The van der Waals surface area contributed by atoms with Crippen LogP contribution in [0.3, 0.4) is 0 Å². The van der Waals surface area contributed by atoms with E-state index in [1.165, 1.54) is 25.1 Å². The Morgan fingerprint density at radius 2 is 1.65 bits per heavy atom. The number of aromatic hydroxyl groups is 2. The quantitative estimate of drug-likeness (QED) is 0.620. The van der Waals surface area contributed by atoms with Crippen molar-refractivity contribution < 1.29 is 24.9 Å². The van der Waals surface area contributed by atoms with E-state index in [0.29, 0.717) is 27.7 Å². The van der Waals surface area contributed by atoms with Crippen LogP contribution in [0.1, 0.15) is 38.9 Å². The minimum absolute atomic E-state index is 0.0296. The van der Waals surface area contributed by atoms with E-state index >= 15 is 0 Å². The van der Waals surface area contributed by atoms with Gasteiger partial charge in [0, 0.05) is 10.9 Å². The topological polar surface area (TPSA) is 108 Å². The fraction of sp³-hybridized carbons (Fsp3) is 0.0500. The molecule has 0 amide bonds. The first-order chi connectivity index (χ1) is 12.4. The van der Waals surface area contributed by atoms with Crippen LogP contribution in [0.4, 0.5) is 0 Å². The Kier molecular flexibility index (Phi) is 4.41. The summed E-state index contributed by atoms with van der Waals surface area (Å²) in [6.45, 7) is 1.45. The van der Waals surface area contributed by atoms with Crippen molar-refractivity contribution >= 4 is 34.8 Å². The molecule has 0 fully saturated rings. The van der Waals surface area contributed by atoms with Gasteiger partial charge < -0.3 is 15.3 Å². The van der Waals surface area contributed by atoms with Crippen molar-refractivity contribution in [1.82, 2.24) is 4.98 Å². The zero-order valence-corrected chi connectivity index (χ0v) is 13.8. The SMILES string of the molecule is CC(=O)c1ccc(O)c2nc(/C=C/c3ccc(O)c(C(=O)O)c3)ccc12. The molecule has 0 spiro atoms. The number of rotatable bonds is 4. The molecule has 0 atom stereocenters. The maximum Gasteiger partial charge on any atom is 0.339 e. The van der Waals surface area contributed by atoms with Gasteiger partial charge in [0.25, 0.3) is 0 Å². The molecule has 6 heteroatoms. The van der Waals surface area contributed by atoms with E-state index in [0.717, 1.165) is 0 Å². The lowest BCUT2D eigenvalue weighted by atomic mass is 10.0. The molecule has 0 bridgehead atoms. The van der Waals surface area contributed by atoms with E-state index in [9.17, 15) is 19.8 Å². The van der Waals surface area contributed by atoms with Gasteiger partial charge in [-0.1, -0.05) is 12.1 Å². The first-order valence-electron chi connectivity index (χ1n) is 7.75.